The van der Waals surface area contributed by atoms with Crippen LogP contribution in [-0.4, -0.2) is 28.5 Å². The van der Waals surface area contributed by atoms with Crippen LogP contribution in [0.2, 0.25) is 0 Å². The van der Waals surface area contributed by atoms with E-state index in [2.05, 4.69) is 22.5 Å². The quantitative estimate of drug-likeness (QED) is 0.648. The summed E-state index contributed by atoms with van der Waals surface area (Å²) in [6, 6.07) is 5.02. The second kappa shape index (κ2) is 4.20. The molecule has 1 unspecified atom stereocenters. The van der Waals surface area contributed by atoms with Gasteiger partial charge in [-0.2, -0.15) is 4.98 Å². The van der Waals surface area contributed by atoms with Crippen LogP contribution >= 0.6 is 0 Å². The third-order valence-corrected chi connectivity index (χ3v) is 3.37. The number of non-ortho nitro benzene ring substituents is 1. The van der Waals surface area contributed by atoms with Crippen LogP contribution in [0.5, 0.6) is 0 Å². The lowest BCUT2D eigenvalue weighted by Crippen LogP contribution is -2.36. The van der Waals surface area contributed by atoms with Gasteiger partial charge in [-0.05, 0) is 26.0 Å². The molecule has 1 aromatic heterocycles. The molecule has 19 heavy (non-hydrogen) atoms. The van der Waals surface area contributed by atoms with Crippen LogP contribution in [0.15, 0.2) is 22.6 Å². The first-order valence-corrected chi connectivity index (χ1v) is 6.10. The van der Waals surface area contributed by atoms with Crippen molar-refractivity contribution in [1.29, 1.82) is 0 Å². The van der Waals surface area contributed by atoms with Gasteiger partial charge in [-0.25, -0.2) is 0 Å². The number of para-hydroxylation sites is 1. The number of nitrogens with zero attached hydrogens (tertiary/aromatic N) is 2. The SMILES string of the molecule is CC1(Nc2nc3c([N+](=O)[O-])cccc3o2)CCNC1. The number of benzene rings is 1. The lowest BCUT2D eigenvalue weighted by Gasteiger charge is -2.22. The summed E-state index contributed by atoms with van der Waals surface area (Å²) in [6.45, 7) is 3.81. The molecule has 1 aliphatic rings. The highest BCUT2D eigenvalue weighted by molar-refractivity contribution is 5.84. The van der Waals surface area contributed by atoms with Crippen molar-refractivity contribution in [3.05, 3.63) is 28.3 Å². The third kappa shape index (κ3) is 2.12. The number of nitrogens with one attached hydrogen (secondary N) is 2. The zero-order valence-electron chi connectivity index (χ0n) is 10.5. The Labute approximate surface area is 109 Å². The topological polar surface area (TPSA) is 93.2 Å². The minimum atomic E-state index is -0.451. The van der Waals surface area contributed by atoms with E-state index in [0.29, 0.717) is 11.6 Å². The van der Waals surface area contributed by atoms with E-state index in [1.165, 1.54) is 6.07 Å². The maximum absolute atomic E-state index is 10.9. The predicted octanol–water partition coefficient (Wildman–Crippen LogP) is 1.90. The van der Waals surface area contributed by atoms with Gasteiger partial charge in [0.2, 0.25) is 0 Å². The average molecular weight is 262 g/mol. The summed E-state index contributed by atoms with van der Waals surface area (Å²) in [6.07, 6.45) is 0.952. The second-order valence-corrected chi connectivity index (χ2v) is 5.01. The van der Waals surface area contributed by atoms with E-state index in [1.807, 2.05) is 0 Å². The Bertz CT molecular complexity index is 631. The summed E-state index contributed by atoms with van der Waals surface area (Å²) in [5.74, 6) is 0. The van der Waals surface area contributed by atoms with Gasteiger partial charge in [0, 0.05) is 12.6 Å². The minimum Gasteiger partial charge on any atom is -0.423 e. The monoisotopic (exact) mass is 262 g/mol. The Balaban J connectivity index is 1.97. The summed E-state index contributed by atoms with van der Waals surface area (Å²) in [5.41, 5.74) is 0.537. The highest BCUT2D eigenvalue weighted by Gasteiger charge is 2.30. The highest BCUT2D eigenvalue weighted by atomic mass is 16.6. The first-order chi connectivity index (χ1) is 9.07. The van der Waals surface area contributed by atoms with Gasteiger partial charge >= 0.3 is 0 Å². The molecule has 0 saturated carbocycles. The van der Waals surface area contributed by atoms with Crippen LogP contribution in [-0.2, 0) is 0 Å². The Hall–Kier alpha value is -2.15. The summed E-state index contributed by atoms with van der Waals surface area (Å²) >= 11 is 0. The first kappa shape index (κ1) is 11.9. The molecular weight excluding hydrogens is 248 g/mol. The van der Waals surface area contributed by atoms with Crippen molar-refractivity contribution in [1.82, 2.24) is 10.3 Å². The number of nitro groups is 1. The Morgan fingerprint density at radius 2 is 2.42 bits per heavy atom. The van der Waals surface area contributed by atoms with E-state index < -0.39 is 4.92 Å². The van der Waals surface area contributed by atoms with Crippen molar-refractivity contribution in [2.45, 2.75) is 18.9 Å². The van der Waals surface area contributed by atoms with Crippen molar-refractivity contribution < 1.29 is 9.34 Å². The van der Waals surface area contributed by atoms with Gasteiger partial charge < -0.3 is 15.1 Å². The maximum atomic E-state index is 10.9. The van der Waals surface area contributed by atoms with Gasteiger partial charge in [0.15, 0.2) is 11.1 Å². The number of fused-ring (bicyclic) bond motifs is 1. The van der Waals surface area contributed by atoms with E-state index in [4.69, 9.17) is 4.42 Å². The van der Waals surface area contributed by atoms with E-state index in [0.717, 1.165) is 19.5 Å². The fraction of sp³-hybridized carbons (Fsp3) is 0.417. The van der Waals surface area contributed by atoms with Crippen LogP contribution in [0.4, 0.5) is 11.7 Å². The molecule has 2 heterocycles. The third-order valence-electron chi connectivity index (χ3n) is 3.37. The molecule has 1 aliphatic heterocycles. The molecule has 2 aromatic rings. The fourth-order valence-electron chi connectivity index (χ4n) is 2.32. The standard InChI is InChI=1S/C12H14N4O3/c1-12(5-6-13-7-12)15-11-14-10-8(16(17)18)3-2-4-9(10)19-11/h2-4,13H,5-7H2,1H3,(H,14,15). The van der Waals surface area contributed by atoms with Gasteiger partial charge in [0.25, 0.3) is 11.7 Å². The molecule has 0 aliphatic carbocycles. The van der Waals surface area contributed by atoms with Crippen molar-refractivity contribution in [3.63, 3.8) is 0 Å². The smallest absolute Gasteiger partial charge is 0.298 e. The van der Waals surface area contributed by atoms with Crippen molar-refractivity contribution >= 4 is 22.8 Å². The summed E-state index contributed by atoms with van der Waals surface area (Å²) in [5, 5.41) is 17.4. The average Bonchev–Trinajstić information content (AvgIpc) is 2.94. The van der Waals surface area contributed by atoms with Gasteiger partial charge in [-0.1, -0.05) is 6.07 Å². The maximum Gasteiger partial charge on any atom is 0.298 e. The van der Waals surface area contributed by atoms with Crippen molar-refractivity contribution in [3.8, 4) is 0 Å². The van der Waals surface area contributed by atoms with Crippen LogP contribution in [0.1, 0.15) is 13.3 Å². The molecule has 0 bridgehead atoms. The molecule has 7 heteroatoms. The molecular formula is C12H14N4O3. The molecule has 0 spiro atoms. The summed E-state index contributed by atoms with van der Waals surface area (Å²) < 4.78 is 5.53. The zero-order chi connectivity index (χ0) is 13.5. The van der Waals surface area contributed by atoms with E-state index in [1.54, 1.807) is 12.1 Å². The van der Waals surface area contributed by atoms with Gasteiger partial charge in [0.05, 0.1) is 10.5 Å². The van der Waals surface area contributed by atoms with E-state index in [9.17, 15) is 10.1 Å². The molecule has 100 valence electrons. The number of anilines is 1. The van der Waals surface area contributed by atoms with Crippen LogP contribution in [0, 0.1) is 10.1 Å². The number of aromatic nitrogens is 1. The molecule has 1 atom stereocenters. The predicted molar refractivity (Wildman–Crippen MR) is 70.2 cm³/mol. The number of nitro benzene ring substituents is 1. The Kier molecular flexibility index (Phi) is 2.63. The van der Waals surface area contributed by atoms with Crippen LogP contribution in [0.3, 0.4) is 0 Å². The zero-order valence-corrected chi connectivity index (χ0v) is 10.5. The molecule has 0 radical (unpaired) electrons. The fourth-order valence-corrected chi connectivity index (χ4v) is 2.32. The van der Waals surface area contributed by atoms with Gasteiger partial charge in [-0.3, -0.25) is 10.1 Å². The molecule has 1 fully saturated rings. The lowest BCUT2D eigenvalue weighted by molar-refractivity contribution is -0.383. The molecule has 1 saturated heterocycles. The van der Waals surface area contributed by atoms with Crippen molar-refractivity contribution in [2.24, 2.45) is 0 Å². The number of hydrogen-bond donors (Lipinski definition) is 2. The first-order valence-electron chi connectivity index (χ1n) is 6.10. The van der Waals surface area contributed by atoms with Gasteiger partial charge in [-0.15, -0.1) is 0 Å². The van der Waals surface area contributed by atoms with Gasteiger partial charge in [0.1, 0.15) is 0 Å². The molecule has 0 amide bonds. The molecule has 7 nitrogen and oxygen atoms in total. The lowest BCUT2D eigenvalue weighted by atomic mass is 10.0. The van der Waals surface area contributed by atoms with Crippen LogP contribution < -0.4 is 10.6 Å². The Morgan fingerprint density at radius 3 is 3.11 bits per heavy atom. The normalized spacial score (nSPS) is 22.8. The van der Waals surface area contributed by atoms with E-state index in [-0.39, 0.29) is 16.7 Å². The number of oxazole rings is 1. The molecule has 1 aromatic carbocycles. The summed E-state index contributed by atoms with van der Waals surface area (Å²) in [4.78, 5) is 14.7. The highest BCUT2D eigenvalue weighted by Crippen LogP contribution is 2.29. The number of hydrogen-bond acceptors (Lipinski definition) is 6. The molecule has 3 rings (SSSR count). The van der Waals surface area contributed by atoms with Crippen molar-refractivity contribution in [2.75, 3.05) is 18.4 Å². The number of rotatable bonds is 3. The minimum absolute atomic E-state index is 0.0380. The summed E-state index contributed by atoms with van der Waals surface area (Å²) in [7, 11) is 0. The largest absolute Gasteiger partial charge is 0.423 e. The molecule has 2 N–H and O–H groups in total. The van der Waals surface area contributed by atoms with Crippen LogP contribution in [0.25, 0.3) is 11.1 Å². The van der Waals surface area contributed by atoms with E-state index >= 15 is 0 Å². The second-order valence-electron chi connectivity index (χ2n) is 5.01. The Morgan fingerprint density at radius 1 is 1.58 bits per heavy atom.